The minimum Gasteiger partial charge on any atom is -0.352 e. The van der Waals surface area contributed by atoms with Gasteiger partial charge in [0.2, 0.25) is 5.28 Å². The quantitative estimate of drug-likeness (QED) is 0.759. The maximum atomic E-state index is 13.1. The molecule has 1 amide bonds. The molecular formula is C19H23ClN4O. The molecule has 6 heteroatoms. The number of fused-ring (bicyclic) bond motifs is 1. The van der Waals surface area contributed by atoms with Crippen LogP contribution in [-0.4, -0.2) is 31.4 Å². The molecule has 0 aliphatic heterocycles. The lowest BCUT2D eigenvalue weighted by Gasteiger charge is -2.27. The molecule has 0 aliphatic rings. The molecule has 0 fully saturated rings. The molecular weight excluding hydrogens is 336 g/mol. The van der Waals surface area contributed by atoms with E-state index in [0.717, 1.165) is 11.0 Å². The molecule has 3 rings (SSSR count). The summed E-state index contributed by atoms with van der Waals surface area (Å²) in [7, 11) is 2.05. The van der Waals surface area contributed by atoms with Crippen LogP contribution in [0.15, 0.2) is 24.3 Å². The molecule has 2 aromatic heterocycles. The SMILES string of the molecule is Cc1cc(CN(C(=O)c2ccc3nc(Cl)[nH]c3c2)C(C)C)c(C)n1C. The summed E-state index contributed by atoms with van der Waals surface area (Å²) in [6.45, 7) is 8.83. The Labute approximate surface area is 152 Å². The number of hydrogen-bond acceptors (Lipinski definition) is 2. The molecule has 3 aromatic rings. The van der Waals surface area contributed by atoms with E-state index in [-0.39, 0.29) is 11.9 Å². The Morgan fingerprint density at radius 2 is 2.04 bits per heavy atom. The van der Waals surface area contributed by atoms with Crippen molar-refractivity contribution < 1.29 is 4.79 Å². The Morgan fingerprint density at radius 3 is 2.64 bits per heavy atom. The Bertz CT molecular complexity index is 938. The number of aromatic amines is 1. The topological polar surface area (TPSA) is 53.9 Å². The number of H-pyrrole nitrogens is 1. The second-order valence-corrected chi connectivity index (χ2v) is 7.10. The van der Waals surface area contributed by atoms with Crippen molar-refractivity contribution in [3.63, 3.8) is 0 Å². The third-order valence-electron chi connectivity index (χ3n) is 4.80. The second kappa shape index (κ2) is 6.56. The van der Waals surface area contributed by atoms with E-state index in [1.165, 1.54) is 17.0 Å². The van der Waals surface area contributed by atoms with Crippen LogP contribution in [0.25, 0.3) is 11.0 Å². The van der Waals surface area contributed by atoms with Crippen molar-refractivity contribution >= 4 is 28.5 Å². The Hall–Kier alpha value is -2.27. The van der Waals surface area contributed by atoms with E-state index in [4.69, 9.17) is 11.6 Å². The number of nitrogens with one attached hydrogen (secondary N) is 1. The van der Waals surface area contributed by atoms with Crippen molar-refractivity contribution in [2.45, 2.75) is 40.3 Å². The summed E-state index contributed by atoms with van der Waals surface area (Å²) in [5.74, 6) is 0.00327. The number of carbonyl (C=O) groups excluding carboxylic acids is 1. The fourth-order valence-electron chi connectivity index (χ4n) is 3.04. The molecule has 0 unspecified atom stereocenters. The smallest absolute Gasteiger partial charge is 0.254 e. The van der Waals surface area contributed by atoms with E-state index in [1.54, 1.807) is 6.07 Å². The minimum absolute atomic E-state index is 0.00327. The highest BCUT2D eigenvalue weighted by Gasteiger charge is 2.21. The first-order valence-electron chi connectivity index (χ1n) is 8.36. The zero-order valence-electron chi connectivity index (χ0n) is 15.2. The molecule has 0 saturated carbocycles. The van der Waals surface area contributed by atoms with Gasteiger partial charge in [-0.25, -0.2) is 4.98 Å². The lowest BCUT2D eigenvalue weighted by atomic mass is 10.1. The van der Waals surface area contributed by atoms with E-state index >= 15 is 0 Å². The summed E-state index contributed by atoms with van der Waals surface area (Å²) in [5.41, 5.74) is 5.71. The highest BCUT2D eigenvalue weighted by molar-refractivity contribution is 6.29. The van der Waals surface area contributed by atoms with Crippen molar-refractivity contribution in [2.75, 3.05) is 0 Å². The monoisotopic (exact) mass is 358 g/mol. The van der Waals surface area contributed by atoms with Gasteiger partial charge in [-0.3, -0.25) is 4.79 Å². The first-order valence-corrected chi connectivity index (χ1v) is 8.73. The van der Waals surface area contributed by atoms with Crippen LogP contribution in [0.1, 0.15) is 41.2 Å². The van der Waals surface area contributed by atoms with Crippen molar-refractivity contribution in [1.29, 1.82) is 0 Å². The molecule has 0 radical (unpaired) electrons. The van der Waals surface area contributed by atoms with Gasteiger partial charge in [-0.15, -0.1) is 0 Å². The summed E-state index contributed by atoms with van der Waals surface area (Å²) in [5, 5.41) is 0.329. The van der Waals surface area contributed by atoms with Crippen LogP contribution < -0.4 is 0 Å². The zero-order valence-corrected chi connectivity index (χ0v) is 16.0. The van der Waals surface area contributed by atoms with Crippen LogP contribution in [0.4, 0.5) is 0 Å². The number of nitrogens with zero attached hydrogens (tertiary/aromatic N) is 3. The largest absolute Gasteiger partial charge is 0.352 e. The van der Waals surface area contributed by atoms with Crippen molar-refractivity contribution in [1.82, 2.24) is 19.4 Å². The fourth-order valence-corrected chi connectivity index (χ4v) is 3.24. The number of rotatable bonds is 4. The van der Waals surface area contributed by atoms with E-state index in [1.807, 2.05) is 37.9 Å². The molecule has 5 nitrogen and oxygen atoms in total. The lowest BCUT2D eigenvalue weighted by molar-refractivity contribution is 0.0690. The van der Waals surface area contributed by atoms with Gasteiger partial charge in [-0.1, -0.05) is 0 Å². The summed E-state index contributed by atoms with van der Waals surface area (Å²) in [4.78, 5) is 22.1. The standard InChI is InChI=1S/C19H23ClN4O/c1-11(2)24(10-15-8-12(3)23(5)13(15)4)18(25)14-6-7-16-17(9-14)22-19(20)21-16/h6-9,11H,10H2,1-5H3,(H,21,22). The summed E-state index contributed by atoms with van der Waals surface area (Å²) < 4.78 is 2.15. The van der Waals surface area contributed by atoms with Gasteiger partial charge in [0.25, 0.3) is 5.91 Å². The second-order valence-electron chi connectivity index (χ2n) is 6.74. The predicted molar refractivity (Wildman–Crippen MR) is 101 cm³/mol. The first kappa shape index (κ1) is 17.5. The maximum Gasteiger partial charge on any atom is 0.254 e. The van der Waals surface area contributed by atoms with Gasteiger partial charge in [0.1, 0.15) is 0 Å². The van der Waals surface area contributed by atoms with E-state index in [0.29, 0.717) is 17.4 Å². The molecule has 1 N–H and O–H groups in total. The van der Waals surface area contributed by atoms with Gasteiger partial charge in [-0.05, 0) is 69.1 Å². The Morgan fingerprint density at radius 1 is 1.32 bits per heavy atom. The van der Waals surface area contributed by atoms with Gasteiger partial charge in [0, 0.05) is 36.6 Å². The lowest BCUT2D eigenvalue weighted by Crippen LogP contribution is -2.36. The van der Waals surface area contributed by atoms with Crippen molar-refractivity contribution in [3.05, 3.63) is 52.1 Å². The summed E-state index contributed by atoms with van der Waals surface area (Å²) >= 11 is 5.91. The molecule has 25 heavy (non-hydrogen) atoms. The Kier molecular flexibility index (Phi) is 4.60. The molecule has 0 aliphatic carbocycles. The average molecular weight is 359 g/mol. The van der Waals surface area contributed by atoms with Gasteiger partial charge in [0.15, 0.2) is 0 Å². The predicted octanol–water partition coefficient (Wildman–Crippen LogP) is 4.22. The number of amides is 1. The summed E-state index contributed by atoms with van der Waals surface area (Å²) in [6, 6.07) is 7.68. The molecule has 132 valence electrons. The fraction of sp³-hybridized carbons (Fsp3) is 0.368. The third-order valence-corrected chi connectivity index (χ3v) is 4.98. The van der Waals surface area contributed by atoms with Crippen molar-refractivity contribution in [2.24, 2.45) is 7.05 Å². The van der Waals surface area contributed by atoms with Crippen molar-refractivity contribution in [3.8, 4) is 0 Å². The highest BCUT2D eigenvalue weighted by Crippen LogP contribution is 2.21. The molecule has 0 atom stereocenters. The third kappa shape index (κ3) is 3.29. The van der Waals surface area contributed by atoms with E-state index < -0.39 is 0 Å². The van der Waals surface area contributed by atoms with Crippen LogP contribution in [-0.2, 0) is 13.6 Å². The number of aromatic nitrogens is 3. The number of hydrogen-bond donors (Lipinski definition) is 1. The average Bonchev–Trinajstić information content (AvgIpc) is 3.05. The van der Waals surface area contributed by atoms with E-state index in [2.05, 4.69) is 34.4 Å². The van der Waals surface area contributed by atoms with E-state index in [9.17, 15) is 4.79 Å². The van der Waals surface area contributed by atoms with Crippen LogP contribution in [0.3, 0.4) is 0 Å². The van der Waals surface area contributed by atoms with Gasteiger partial charge >= 0.3 is 0 Å². The van der Waals surface area contributed by atoms with Crippen LogP contribution in [0.5, 0.6) is 0 Å². The normalized spacial score (nSPS) is 11.5. The van der Waals surface area contributed by atoms with Crippen LogP contribution >= 0.6 is 11.6 Å². The summed E-state index contributed by atoms with van der Waals surface area (Å²) in [6.07, 6.45) is 0. The Balaban J connectivity index is 1.93. The number of aryl methyl sites for hydroxylation is 1. The van der Waals surface area contributed by atoms with Crippen LogP contribution in [0.2, 0.25) is 5.28 Å². The van der Waals surface area contributed by atoms with Crippen LogP contribution in [0, 0.1) is 13.8 Å². The van der Waals surface area contributed by atoms with Gasteiger partial charge < -0.3 is 14.5 Å². The maximum absolute atomic E-state index is 13.1. The van der Waals surface area contributed by atoms with Gasteiger partial charge in [0.05, 0.1) is 11.0 Å². The number of halogens is 1. The molecule has 1 aromatic carbocycles. The first-order chi connectivity index (χ1) is 11.8. The molecule has 0 spiro atoms. The number of imidazole rings is 1. The molecule has 0 bridgehead atoms. The number of benzene rings is 1. The molecule has 2 heterocycles. The highest BCUT2D eigenvalue weighted by atomic mass is 35.5. The zero-order chi connectivity index (χ0) is 18.3. The van der Waals surface area contributed by atoms with Gasteiger partial charge in [-0.2, -0.15) is 0 Å². The number of carbonyl (C=O) groups is 1. The minimum atomic E-state index is 0.00327. The molecule has 0 saturated heterocycles.